The van der Waals surface area contributed by atoms with Crippen molar-refractivity contribution in [3.63, 3.8) is 0 Å². The number of fused-ring (bicyclic) bond motifs is 6. The van der Waals surface area contributed by atoms with E-state index in [9.17, 15) is 0 Å². The quantitative estimate of drug-likeness (QED) is 0.114. The van der Waals surface area contributed by atoms with Crippen LogP contribution in [0.5, 0.6) is 0 Å². The second-order valence-electron chi connectivity index (χ2n) is 23.5. The van der Waals surface area contributed by atoms with Gasteiger partial charge in [0.15, 0.2) is 11.2 Å². The highest BCUT2D eigenvalue weighted by atomic mass is 16.3. The molecule has 82 heavy (non-hydrogen) atoms. The summed E-state index contributed by atoms with van der Waals surface area (Å²) in [4.78, 5) is 5.04. The van der Waals surface area contributed by atoms with Crippen LogP contribution in [0, 0.1) is 27.7 Å². The molecular formula is C78H68N2O2. The van der Waals surface area contributed by atoms with Crippen molar-refractivity contribution in [1.29, 1.82) is 0 Å². The van der Waals surface area contributed by atoms with Crippen LogP contribution in [0.4, 0.5) is 34.1 Å². The van der Waals surface area contributed by atoms with E-state index in [1.165, 1.54) is 88.0 Å². The number of hydrogen-bond donors (Lipinski definition) is 0. The second kappa shape index (κ2) is 19.8. The molecule has 0 fully saturated rings. The van der Waals surface area contributed by atoms with Crippen molar-refractivity contribution in [2.45, 2.75) is 93.9 Å². The third-order valence-electron chi connectivity index (χ3n) is 17.7. The molecule has 0 saturated heterocycles. The molecule has 12 aromatic carbocycles. The maximum absolute atomic E-state index is 7.39. The Morgan fingerprint density at radius 3 is 1.09 bits per heavy atom. The summed E-state index contributed by atoms with van der Waals surface area (Å²) in [5, 5.41) is 11.9. The fourth-order valence-electron chi connectivity index (χ4n) is 13.6. The number of rotatable bonds is 12. The molecule has 14 rings (SSSR count). The molecule has 0 radical (unpaired) electrons. The Bertz CT molecular complexity index is 4550. The highest BCUT2D eigenvalue weighted by Gasteiger charge is 2.30. The molecule has 0 aliphatic rings. The van der Waals surface area contributed by atoms with E-state index in [1.54, 1.807) is 0 Å². The van der Waals surface area contributed by atoms with Crippen molar-refractivity contribution in [3.05, 3.63) is 239 Å². The highest BCUT2D eigenvalue weighted by molar-refractivity contribution is 6.30. The van der Waals surface area contributed by atoms with Crippen LogP contribution in [-0.4, -0.2) is 0 Å². The van der Waals surface area contributed by atoms with Gasteiger partial charge in [-0.1, -0.05) is 199 Å². The molecule has 0 N–H and O–H groups in total. The van der Waals surface area contributed by atoms with E-state index in [0.717, 1.165) is 102 Å². The lowest BCUT2D eigenvalue weighted by atomic mass is 9.84. The maximum atomic E-state index is 7.39. The zero-order chi connectivity index (χ0) is 56.2. The molecule has 2 aromatic heterocycles. The maximum Gasteiger partial charge on any atom is 0.159 e. The van der Waals surface area contributed by atoms with Crippen LogP contribution in [0.15, 0.2) is 203 Å². The number of nitrogens with zero attached hydrogens (tertiary/aromatic N) is 2. The Balaban J connectivity index is 1.08. The lowest BCUT2D eigenvalue weighted by molar-refractivity contribution is 0.669. The van der Waals surface area contributed by atoms with Gasteiger partial charge in [0.05, 0.1) is 22.7 Å². The number of furan rings is 2. The molecule has 0 unspecified atom stereocenters. The molecule has 0 amide bonds. The van der Waals surface area contributed by atoms with Crippen LogP contribution in [0.2, 0.25) is 0 Å². The predicted octanol–water partition coefficient (Wildman–Crippen LogP) is 23.3. The highest BCUT2D eigenvalue weighted by Crippen LogP contribution is 2.54. The van der Waals surface area contributed by atoms with Crippen LogP contribution < -0.4 is 9.80 Å². The molecule has 402 valence electrons. The minimum atomic E-state index is 0.210. The zero-order valence-corrected chi connectivity index (χ0v) is 48.8. The number of hydrogen-bond acceptors (Lipinski definition) is 4. The van der Waals surface area contributed by atoms with Crippen LogP contribution in [0.3, 0.4) is 0 Å². The Labute approximate surface area is 481 Å². The summed E-state index contributed by atoms with van der Waals surface area (Å²) >= 11 is 0. The molecule has 4 heteroatoms. The molecule has 0 atom stereocenters. The minimum Gasteiger partial charge on any atom is -0.453 e. The van der Waals surface area contributed by atoms with Gasteiger partial charge >= 0.3 is 0 Å². The molecule has 0 spiro atoms. The normalized spacial score (nSPS) is 12.1. The Kier molecular flexibility index (Phi) is 12.4. The van der Waals surface area contributed by atoms with Crippen molar-refractivity contribution < 1.29 is 8.83 Å². The summed E-state index contributed by atoms with van der Waals surface area (Å²) < 4.78 is 14.8. The van der Waals surface area contributed by atoms with E-state index < -0.39 is 0 Å². The lowest BCUT2D eigenvalue weighted by Gasteiger charge is -2.32. The first-order valence-corrected chi connectivity index (χ1v) is 29.5. The zero-order valence-electron chi connectivity index (χ0n) is 48.8. The molecule has 0 aliphatic carbocycles. The lowest BCUT2D eigenvalue weighted by Crippen LogP contribution is -2.14. The average Bonchev–Trinajstić information content (AvgIpc) is 4.18. The summed E-state index contributed by atoms with van der Waals surface area (Å²) in [6.45, 7) is 22.8. The first kappa shape index (κ1) is 51.1. The van der Waals surface area contributed by atoms with Gasteiger partial charge in [-0.15, -0.1) is 0 Å². The summed E-state index contributed by atoms with van der Waals surface area (Å²) in [6, 6.07) is 72.6. The van der Waals surface area contributed by atoms with Gasteiger partial charge in [-0.3, -0.25) is 0 Å². The predicted molar refractivity (Wildman–Crippen MR) is 351 cm³/mol. The van der Waals surface area contributed by atoms with Crippen molar-refractivity contribution in [2.75, 3.05) is 9.80 Å². The van der Waals surface area contributed by atoms with Crippen LogP contribution in [-0.2, 0) is 12.8 Å². The van der Waals surface area contributed by atoms with E-state index in [2.05, 4.69) is 273 Å². The SMILES string of the molecule is CCc1ccccc1-c1cccc2c1oc1c(N(c3cc(C)ccc3C)c3cc(C(C)C)c4ccc5c(N(c6cc(C)ccc6C)c6cccc7c6oc6c(-c8ccccc8CC)cccc67)cc(C(C)C)c6ccc3c4c65)cccc12. The van der Waals surface area contributed by atoms with E-state index in [0.29, 0.717) is 0 Å². The van der Waals surface area contributed by atoms with Crippen LogP contribution in [0.1, 0.15) is 97.9 Å². The fourth-order valence-corrected chi connectivity index (χ4v) is 13.6. The molecule has 0 bridgehead atoms. The third kappa shape index (κ3) is 7.93. The molecule has 0 saturated carbocycles. The largest absolute Gasteiger partial charge is 0.453 e. The van der Waals surface area contributed by atoms with E-state index in [-0.39, 0.29) is 11.8 Å². The van der Waals surface area contributed by atoms with Crippen LogP contribution in [0.25, 0.3) is 98.4 Å². The standard InChI is InChI=1S/C78H68N2O2/c1-11-51-21-13-15-23-53(51)57-25-17-27-59-61-29-19-31-67(77(61)81-75(57)59)79(69-41-47(7)33-35-49(69)9)71-43-65(45(3)4)55-38-40-64-72(44-66(46(5)6)56-37-39-63(71)73(55)74(56)64)80(70-42-48(8)34-36-50(70)10)68-32-20-30-62-60-28-18-26-58(76(60)82-78(62)68)54-24-16-14-22-52(54)12-2/h13-46H,11-12H2,1-10H3. The van der Waals surface area contributed by atoms with E-state index in [1.807, 2.05) is 0 Å². The Morgan fingerprint density at radius 2 is 0.683 bits per heavy atom. The first-order chi connectivity index (χ1) is 39.9. The van der Waals surface area contributed by atoms with Gasteiger partial charge in [0.2, 0.25) is 0 Å². The van der Waals surface area contributed by atoms with E-state index in [4.69, 9.17) is 8.83 Å². The minimum absolute atomic E-state index is 0.210. The average molecular weight is 1070 g/mol. The molecule has 0 aliphatic heterocycles. The molecule has 2 heterocycles. The monoisotopic (exact) mass is 1060 g/mol. The van der Waals surface area contributed by atoms with Gasteiger partial charge < -0.3 is 18.6 Å². The summed E-state index contributed by atoms with van der Waals surface area (Å²) in [5.74, 6) is 0.421. The van der Waals surface area contributed by atoms with Gasteiger partial charge in [0.1, 0.15) is 11.2 Å². The van der Waals surface area contributed by atoms with Gasteiger partial charge in [-0.25, -0.2) is 0 Å². The van der Waals surface area contributed by atoms with E-state index >= 15 is 0 Å². The number of aryl methyl sites for hydroxylation is 6. The second-order valence-corrected chi connectivity index (χ2v) is 23.5. The molecule has 4 nitrogen and oxygen atoms in total. The first-order valence-electron chi connectivity index (χ1n) is 29.5. The summed E-state index contributed by atoms with van der Waals surface area (Å²) in [5.41, 5.74) is 24.7. The summed E-state index contributed by atoms with van der Waals surface area (Å²) in [6.07, 6.45) is 1.87. The fraction of sp³-hybridized carbons (Fsp3) is 0.179. The van der Waals surface area contributed by atoms with Crippen molar-refractivity contribution in [3.8, 4) is 22.3 Å². The van der Waals surface area contributed by atoms with Crippen molar-refractivity contribution in [1.82, 2.24) is 0 Å². The number of anilines is 6. The van der Waals surface area contributed by atoms with Gasteiger partial charge in [0, 0.05) is 54.8 Å². The van der Waals surface area contributed by atoms with Crippen molar-refractivity contribution in [2.24, 2.45) is 0 Å². The molecular weight excluding hydrogens is 997 g/mol. The van der Waals surface area contributed by atoms with Gasteiger partial charge in [-0.05, 0) is 166 Å². The number of para-hydroxylation sites is 4. The topological polar surface area (TPSA) is 32.8 Å². The molecule has 14 aromatic rings. The van der Waals surface area contributed by atoms with Crippen molar-refractivity contribution >= 4 is 110 Å². The van der Waals surface area contributed by atoms with Crippen LogP contribution >= 0.6 is 0 Å². The van der Waals surface area contributed by atoms with Gasteiger partial charge in [0.25, 0.3) is 0 Å². The smallest absolute Gasteiger partial charge is 0.159 e. The Hall–Kier alpha value is -9.12. The third-order valence-corrected chi connectivity index (χ3v) is 17.7. The Morgan fingerprint density at radius 1 is 0.317 bits per heavy atom. The number of benzene rings is 12. The van der Waals surface area contributed by atoms with Gasteiger partial charge in [-0.2, -0.15) is 0 Å². The summed E-state index contributed by atoms with van der Waals surface area (Å²) in [7, 11) is 0.